The molecular formula is C20H33N3O2. The van der Waals surface area contributed by atoms with Crippen molar-refractivity contribution < 1.29 is 9.47 Å². The molecule has 3 N–H and O–H groups in total. The van der Waals surface area contributed by atoms with Gasteiger partial charge < -0.3 is 20.5 Å². The molecule has 0 amide bonds. The topological polar surface area (TPSA) is 68.9 Å². The predicted octanol–water partition coefficient (Wildman–Crippen LogP) is 3.13. The number of ether oxygens (including phenoxy) is 2. The third-order valence-electron chi connectivity index (χ3n) is 5.11. The van der Waals surface area contributed by atoms with Crippen molar-refractivity contribution in [3.63, 3.8) is 0 Å². The molecule has 0 heterocycles. The molecule has 0 aromatic heterocycles. The molecular weight excluding hydrogens is 314 g/mol. The van der Waals surface area contributed by atoms with Crippen LogP contribution in [0.3, 0.4) is 0 Å². The molecule has 1 aliphatic rings. The quantitative estimate of drug-likeness (QED) is 0.388. The van der Waals surface area contributed by atoms with Crippen molar-refractivity contribution in [2.24, 2.45) is 16.1 Å². The molecule has 1 aliphatic carbocycles. The number of hydrogen-bond donors (Lipinski definition) is 2. The molecule has 5 nitrogen and oxygen atoms in total. The maximum atomic E-state index is 6.06. The second-order valence-electron chi connectivity index (χ2n) is 6.88. The zero-order valence-electron chi connectivity index (χ0n) is 15.7. The van der Waals surface area contributed by atoms with Crippen molar-refractivity contribution in [2.45, 2.75) is 45.4 Å². The number of rotatable bonds is 10. The van der Waals surface area contributed by atoms with Crippen molar-refractivity contribution in [3.05, 3.63) is 29.8 Å². The van der Waals surface area contributed by atoms with E-state index in [0.29, 0.717) is 5.96 Å². The van der Waals surface area contributed by atoms with Crippen LogP contribution in [0.1, 0.15) is 44.6 Å². The summed E-state index contributed by atoms with van der Waals surface area (Å²) < 4.78 is 10.7. The van der Waals surface area contributed by atoms with Crippen LogP contribution < -0.4 is 15.8 Å². The Bertz CT molecular complexity index is 522. The molecule has 1 aromatic carbocycles. The third-order valence-corrected chi connectivity index (χ3v) is 5.11. The highest BCUT2D eigenvalue weighted by Gasteiger charge is 2.33. The van der Waals surface area contributed by atoms with E-state index in [1.165, 1.54) is 31.2 Å². The lowest BCUT2D eigenvalue weighted by Crippen LogP contribution is -2.35. The van der Waals surface area contributed by atoms with Crippen LogP contribution in [0, 0.1) is 5.41 Å². The van der Waals surface area contributed by atoms with Crippen LogP contribution in [0.5, 0.6) is 5.75 Å². The first-order chi connectivity index (χ1) is 12.2. The number of nitrogens with two attached hydrogens (primary N) is 1. The van der Waals surface area contributed by atoms with E-state index in [2.05, 4.69) is 22.4 Å². The molecule has 1 fully saturated rings. The Morgan fingerprint density at radius 1 is 1.24 bits per heavy atom. The molecule has 0 unspecified atom stereocenters. The zero-order chi connectivity index (χ0) is 18.0. The Morgan fingerprint density at radius 2 is 1.96 bits per heavy atom. The Hall–Kier alpha value is -1.75. The average Bonchev–Trinajstić information content (AvgIpc) is 3.10. The van der Waals surface area contributed by atoms with Crippen LogP contribution in [0.4, 0.5) is 0 Å². The molecule has 1 aromatic rings. The van der Waals surface area contributed by atoms with Gasteiger partial charge in [-0.3, -0.25) is 4.99 Å². The van der Waals surface area contributed by atoms with E-state index < -0.39 is 0 Å². The molecule has 2 rings (SSSR count). The van der Waals surface area contributed by atoms with E-state index in [-0.39, 0.29) is 5.41 Å². The van der Waals surface area contributed by atoms with Crippen LogP contribution in [0.15, 0.2) is 29.3 Å². The van der Waals surface area contributed by atoms with Gasteiger partial charge in [0.25, 0.3) is 0 Å². The lowest BCUT2D eigenvalue weighted by molar-refractivity contribution is 0.107. The largest absolute Gasteiger partial charge is 0.497 e. The van der Waals surface area contributed by atoms with Crippen molar-refractivity contribution in [1.82, 2.24) is 5.32 Å². The first-order valence-electron chi connectivity index (χ1n) is 9.42. The highest BCUT2D eigenvalue weighted by Crippen LogP contribution is 2.41. The lowest BCUT2D eigenvalue weighted by atomic mass is 9.83. The molecule has 0 aliphatic heterocycles. The summed E-state index contributed by atoms with van der Waals surface area (Å²) in [6, 6.07) is 8.12. The van der Waals surface area contributed by atoms with Gasteiger partial charge in [0.1, 0.15) is 5.75 Å². The van der Waals surface area contributed by atoms with Gasteiger partial charge in [-0.05, 0) is 55.7 Å². The van der Waals surface area contributed by atoms with Gasteiger partial charge in [0.2, 0.25) is 0 Å². The number of methoxy groups -OCH3 is 1. The molecule has 0 radical (unpaired) electrons. The van der Waals surface area contributed by atoms with Gasteiger partial charge in [-0.25, -0.2) is 0 Å². The van der Waals surface area contributed by atoms with Crippen LogP contribution in [-0.2, 0) is 11.2 Å². The third kappa shape index (κ3) is 6.58. The molecule has 0 saturated heterocycles. The second kappa shape index (κ2) is 10.3. The highest BCUT2D eigenvalue weighted by molar-refractivity contribution is 5.77. The van der Waals surface area contributed by atoms with Crippen molar-refractivity contribution in [3.8, 4) is 5.75 Å². The fourth-order valence-electron chi connectivity index (χ4n) is 3.48. The van der Waals surface area contributed by atoms with E-state index in [0.717, 1.165) is 44.9 Å². The summed E-state index contributed by atoms with van der Waals surface area (Å²) in [6.07, 6.45) is 7.07. The molecule has 25 heavy (non-hydrogen) atoms. The molecule has 1 saturated carbocycles. The summed E-state index contributed by atoms with van der Waals surface area (Å²) in [5, 5.41) is 3.23. The minimum absolute atomic E-state index is 0.289. The summed E-state index contributed by atoms with van der Waals surface area (Å²) in [5.41, 5.74) is 7.61. The van der Waals surface area contributed by atoms with E-state index in [9.17, 15) is 0 Å². The van der Waals surface area contributed by atoms with Crippen LogP contribution >= 0.6 is 0 Å². The molecule has 0 spiro atoms. The maximum absolute atomic E-state index is 6.06. The standard InChI is InChI=1S/C20H33N3O2/c1-3-25-15-13-20(11-4-5-12-20)16-23-19(21)22-14-10-17-6-8-18(24-2)9-7-17/h6-9H,3-5,10-16H2,1-2H3,(H3,21,22,23). The first-order valence-corrected chi connectivity index (χ1v) is 9.42. The van der Waals surface area contributed by atoms with Gasteiger partial charge in [0, 0.05) is 26.3 Å². The predicted molar refractivity (Wildman–Crippen MR) is 103 cm³/mol. The fourth-order valence-corrected chi connectivity index (χ4v) is 3.48. The minimum atomic E-state index is 0.289. The number of benzene rings is 1. The van der Waals surface area contributed by atoms with Gasteiger partial charge in [-0.2, -0.15) is 0 Å². The van der Waals surface area contributed by atoms with Crippen molar-refractivity contribution in [2.75, 3.05) is 33.4 Å². The van der Waals surface area contributed by atoms with Crippen LogP contribution in [0.25, 0.3) is 0 Å². The maximum Gasteiger partial charge on any atom is 0.188 e. The smallest absolute Gasteiger partial charge is 0.188 e. The number of nitrogens with zero attached hydrogens (tertiary/aromatic N) is 1. The SMILES string of the molecule is CCOCCC1(CN=C(N)NCCc2ccc(OC)cc2)CCCC1. The Balaban J connectivity index is 1.75. The number of aliphatic imine (C=N–C) groups is 1. The van der Waals surface area contributed by atoms with E-state index in [4.69, 9.17) is 15.2 Å². The van der Waals surface area contributed by atoms with Gasteiger partial charge >= 0.3 is 0 Å². The second-order valence-corrected chi connectivity index (χ2v) is 6.88. The zero-order valence-corrected chi connectivity index (χ0v) is 15.7. The van der Waals surface area contributed by atoms with E-state index in [1.807, 2.05) is 19.1 Å². The summed E-state index contributed by atoms with van der Waals surface area (Å²) in [5.74, 6) is 1.43. The summed E-state index contributed by atoms with van der Waals surface area (Å²) in [6.45, 7) is 5.25. The Labute approximate surface area is 152 Å². The monoisotopic (exact) mass is 347 g/mol. The van der Waals surface area contributed by atoms with Gasteiger partial charge in [-0.1, -0.05) is 25.0 Å². The Kier molecular flexibility index (Phi) is 8.06. The van der Waals surface area contributed by atoms with Gasteiger partial charge in [0.05, 0.1) is 7.11 Å². The average molecular weight is 348 g/mol. The van der Waals surface area contributed by atoms with Crippen LogP contribution in [-0.4, -0.2) is 39.4 Å². The van der Waals surface area contributed by atoms with Gasteiger partial charge in [0.15, 0.2) is 5.96 Å². The highest BCUT2D eigenvalue weighted by atomic mass is 16.5. The van der Waals surface area contributed by atoms with Crippen molar-refractivity contribution in [1.29, 1.82) is 0 Å². The summed E-state index contributed by atoms with van der Waals surface area (Å²) in [7, 11) is 1.68. The Morgan fingerprint density at radius 3 is 2.60 bits per heavy atom. The molecule has 0 atom stereocenters. The number of guanidine groups is 1. The van der Waals surface area contributed by atoms with Gasteiger partial charge in [-0.15, -0.1) is 0 Å². The van der Waals surface area contributed by atoms with Crippen LogP contribution in [0.2, 0.25) is 0 Å². The summed E-state index contributed by atoms with van der Waals surface area (Å²) in [4.78, 5) is 4.62. The number of hydrogen-bond acceptors (Lipinski definition) is 3. The fraction of sp³-hybridized carbons (Fsp3) is 0.650. The van der Waals surface area contributed by atoms with E-state index in [1.54, 1.807) is 7.11 Å². The summed E-state index contributed by atoms with van der Waals surface area (Å²) >= 11 is 0. The normalized spacial score (nSPS) is 16.8. The number of nitrogens with one attached hydrogen (secondary N) is 1. The minimum Gasteiger partial charge on any atom is -0.497 e. The van der Waals surface area contributed by atoms with Crippen molar-refractivity contribution >= 4 is 5.96 Å². The van der Waals surface area contributed by atoms with E-state index >= 15 is 0 Å². The molecule has 0 bridgehead atoms. The molecule has 140 valence electrons. The lowest BCUT2D eigenvalue weighted by Gasteiger charge is -2.27. The molecule has 5 heteroatoms. The first kappa shape index (κ1) is 19.6.